The maximum atomic E-state index is 14.7. The highest BCUT2D eigenvalue weighted by Crippen LogP contribution is 2.41. The summed E-state index contributed by atoms with van der Waals surface area (Å²) in [6.45, 7) is 4.01. The Morgan fingerprint density at radius 2 is 1.86 bits per heavy atom. The van der Waals surface area contributed by atoms with Gasteiger partial charge in [-0.3, -0.25) is 4.98 Å². The molecule has 2 saturated heterocycles. The van der Waals surface area contributed by atoms with Crippen molar-refractivity contribution in [3.8, 4) is 11.3 Å². The van der Waals surface area contributed by atoms with E-state index < -0.39 is 21.4 Å². The van der Waals surface area contributed by atoms with E-state index in [0.29, 0.717) is 55.3 Å². The highest BCUT2D eigenvalue weighted by atomic mass is 32.2. The molecule has 0 spiro atoms. The van der Waals surface area contributed by atoms with Crippen LogP contribution in [-0.4, -0.2) is 90.7 Å². The first-order valence-corrected chi connectivity index (χ1v) is 14.0. The molecule has 5 heterocycles. The summed E-state index contributed by atoms with van der Waals surface area (Å²) >= 11 is 0. The van der Waals surface area contributed by atoms with E-state index in [0.717, 1.165) is 11.4 Å². The van der Waals surface area contributed by atoms with Gasteiger partial charge in [-0.15, -0.1) is 0 Å². The Kier molecular flexibility index (Phi) is 6.71. The molecule has 0 bridgehead atoms. The van der Waals surface area contributed by atoms with Crippen molar-refractivity contribution < 1.29 is 17.2 Å². The van der Waals surface area contributed by atoms with E-state index in [1.54, 1.807) is 31.6 Å². The first-order valence-electron chi connectivity index (χ1n) is 12.2. The molecule has 2 aliphatic rings. The predicted octanol–water partition coefficient (Wildman–Crippen LogP) is 2.22. The third-order valence-electron chi connectivity index (χ3n) is 7.19. The molecule has 0 amide bonds. The minimum atomic E-state index is -3.20. The van der Waals surface area contributed by atoms with Crippen molar-refractivity contribution in [1.82, 2.24) is 29.6 Å². The molecule has 3 aromatic rings. The molecular formula is C24H30F2N8O2S. The molecule has 2 N–H and O–H groups in total. The van der Waals surface area contributed by atoms with Crippen molar-refractivity contribution in [1.29, 1.82) is 0 Å². The summed E-state index contributed by atoms with van der Waals surface area (Å²) < 4.78 is 54.4. The lowest BCUT2D eigenvalue weighted by molar-refractivity contribution is -0.126. The second kappa shape index (κ2) is 9.69. The summed E-state index contributed by atoms with van der Waals surface area (Å²) in [5.41, 5.74) is 1.16. The Morgan fingerprint density at radius 3 is 2.54 bits per heavy atom. The lowest BCUT2D eigenvalue weighted by Crippen LogP contribution is -2.55. The summed E-state index contributed by atoms with van der Waals surface area (Å²) in [6.07, 6.45) is 5.84. The number of hydrogen-bond acceptors (Lipinski definition) is 9. The van der Waals surface area contributed by atoms with Crippen LogP contribution < -0.4 is 15.5 Å². The Labute approximate surface area is 214 Å². The molecule has 10 nitrogen and oxygen atoms in total. The van der Waals surface area contributed by atoms with Crippen molar-refractivity contribution >= 4 is 32.7 Å². The summed E-state index contributed by atoms with van der Waals surface area (Å²) in [4.78, 5) is 20.1. The summed E-state index contributed by atoms with van der Waals surface area (Å²) in [5, 5.41) is 6.20. The summed E-state index contributed by atoms with van der Waals surface area (Å²) in [5.74, 6) is -1.67. The largest absolute Gasteiger partial charge is 0.367 e. The summed E-state index contributed by atoms with van der Waals surface area (Å²) in [7, 11) is -3.20. The molecule has 0 aromatic carbocycles. The Balaban J connectivity index is 1.37. The molecular weight excluding hydrogens is 502 g/mol. The molecule has 1 unspecified atom stereocenters. The highest BCUT2D eigenvalue weighted by molar-refractivity contribution is 7.88. The van der Waals surface area contributed by atoms with Gasteiger partial charge in [0, 0.05) is 76.4 Å². The van der Waals surface area contributed by atoms with E-state index in [1.807, 2.05) is 17.0 Å². The maximum Gasteiger partial charge on any atom is 0.257 e. The van der Waals surface area contributed by atoms with E-state index in [-0.39, 0.29) is 19.5 Å². The number of piperidine rings is 1. The predicted molar refractivity (Wildman–Crippen MR) is 138 cm³/mol. The number of nitrogens with zero attached hydrogens (tertiary/aromatic N) is 6. The van der Waals surface area contributed by atoms with Gasteiger partial charge in [-0.05, 0) is 18.2 Å². The Morgan fingerprint density at radius 1 is 1.11 bits per heavy atom. The van der Waals surface area contributed by atoms with Crippen LogP contribution in [0.2, 0.25) is 0 Å². The van der Waals surface area contributed by atoms with E-state index in [4.69, 9.17) is 4.98 Å². The van der Waals surface area contributed by atoms with Gasteiger partial charge in [0.15, 0.2) is 5.82 Å². The number of hydrogen-bond donors (Lipinski definition) is 2. The monoisotopic (exact) mass is 532 g/mol. The van der Waals surface area contributed by atoms with E-state index in [9.17, 15) is 17.2 Å². The van der Waals surface area contributed by atoms with Crippen molar-refractivity contribution in [2.45, 2.75) is 19.3 Å². The van der Waals surface area contributed by atoms with Gasteiger partial charge in [0.2, 0.25) is 10.0 Å². The Bertz CT molecular complexity index is 1380. The number of anilines is 2. The molecule has 13 heteroatoms. The molecule has 5 rings (SSSR count). The van der Waals surface area contributed by atoms with Crippen LogP contribution in [0, 0.1) is 5.41 Å². The van der Waals surface area contributed by atoms with Gasteiger partial charge in [0.05, 0.1) is 22.9 Å². The third-order valence-corrected chi connectivity index (χ3v) is 8.49. The fourth-order valence-corrected chi connectivity index (χ4v) is 5.55. The third kappa shape index (κ3) is 5.20. The van der Waals surface area contributed by atoms with Crippen LogP contribution >= 0.6 is 0 Å². The zero-order valence-electron chi connectivity index (χ0n) is 20.8. The number of alkyl halides is 2. The van der Waals surface area contributed by atoms with Crippen LogP contribution in [0.15, 0.2) is 36.8 Å². The van der Waals surface area contributed by atoms with E-state index >= 15 is 0 Å². The SMILES string of the molecule is CC1(CNc2nc(-c3ccc(N4CCN(S(C)(=O)=O)CC4)nc3)cc3nccnc23)CNCCC1(F)F. The quantitative estimate of drug-likeness (QED) is 0.493. The number of aromatic nitrogens is 4. The number of nitrogens with one attached hydrogen (secondary N) is 2. The molecule has 1 atom stereocenters. The van der Waals surface area contributed by atoms with Gasteiger partial charge in [-0.1, -0.05) is 6.92 Å². The zero-order chi connectivity index (χ0) is 26.3. The number of fused-ring (bicyclic) bond motifs is 1. The minimum absolute atomic E-state index is 0.0196. The number of rotatable bonds is 6. The second-order valence-corrected chi connectivity index (χ2v) is 11.9. The lowest BCUT2D eigenvalue weighted by Gasteiger charge is -2.41. The average molecular weight is 533 g/mol. The molecule has 3 aromatic heterocycles. The van der Waals surface area contributed by atoms with Crippen LogP contribution in [0.3, 0.4) is 0 Å². The van der Waals surface area contributed by atoms with E-state index in [2.05, 4.69) is 25.6 Å². The molecule has 2 aliphatic heterocycles. The molecule has 2 fully saturated rings. The zero-order valence-corrected chi connectivity index (χ0v) is 21.6. The number of halogens is 2. The van der Waals surface area contributed by atoms with Crippen LogP contribution in [0.4, 0.5) is 20.4 Å². The van der Waals surface area contributed by atoms with Crippen molar-refractivity contribution in [3.05, 3.63) is 36.8 Å². The minimum Gasteiger partial charge on any atom is -0.367 e. The van der Waals surface area contributed by atoms with Gasteiger partial charge in [-0.2, -0.15) is 4.31 Å². The fourth-order valence-electron chi connectivity index (χ4n) is 4.73. The van der Waals surface area contributed by atoms with Crippen LogP contribution in [0.1, 0.15) is 13.3 Å². The standard InChI is InChI=1S/C24H30F2N8O2S/c1-23(15-27-6-5-24(23,25)26)16-31-22-21-19(28-7-8-29-21)13-18(32-22)17-3-4-20(30-14-17)33-9-11-34(12-10-33)37(2,35)36/h3-4,7-8,13-14,27H,5-6,9-12,15-16H2,1-2H3,(H,31,32). The molecule has 198 valence electrons. The van der Waals surface area contributed by atoms with Gasteiger partial charge in [0.1, 0.15) is 11.3 Å². The van der Waals surface area contributed by atoms with Gasteiger partial charge in [-0.25, -0.2) is 32.2 Å². The smallest absolute Gasteiger partial charge is 0.257 e. The van der Waals surface area contributed by atoms with Crippen LogP contribution in [0.5, 0.6) is 0 Å². The van der Waals surface area contributed by atoms with Crippen LogP contribution in [0.25, 0.3) is 22.3 Å². The van der Waals surface area contributed by atoms with E-state index in [1.165, 1.54) is 10.6 Å². The van der Waals surface area contributed by atoms with Crippen LogP contribution in [-0.2, 0) is 10.0 Å². The average Bonchev–Trinajstić information content (AvgIpc) is 2.89. The number of sulfonamides is 1. The molecule has 0 aliphatic carbocycles. The second-order valence-electron chi connectivity index (χ2n) is 9.88. The van der Waals surface area contributed by atoms with Gasteiger partial charge in [0.25, 0.3) is 5.92 Å². The van der Waals surface area contributed by atoms with Crippen molar-refractivity contribution in [2.24, 2.45) is 5.41 Å². The van der Waals surface area contributed by atoms with Crippen molar-refractivity contribution in [2.75, 3.05) is 62.3 Å². The first kappa shape index (κ1) is 25.6. The normalized spacial score (nSPS) is 22.8. The Hall–Kier alpha value is -3.03. The molecule has 37 heavy (non-hydrogen) atoms. The highest BCUT2D eigenvalue weighted by Gasteiger charge is 2.51. The fraction of sp³-hybridized carbons (Fsp3) is 0.500. The first-order chi connectivity index (χ1) is 17.6. The molecule has 0 saturated carbocycles. The number of pyridine rings is 2. The molecule has 0 radical (unpaired) electrons. The summed E-state index contributed by atoms with van der Waals surface area (Å²) in [6, 6.07) is 5.56. The maximum absolute atomic E-state index is 14.7. The van der Waals surface area contributed by atoms with Gasteiger partial charge < -0.3 is 15.5 Å². The topological polar surface area (TPSA) is 116 Å². The van der Waals surface area contributed by atoms with Gasteiger partial charge >= 0.3 is 0 Å². The number of piperazine rings is 1. The van der Waals surface area contributed by atoms with Crippen molar-refractivity contribution in [3.63, 3.8) is 0 Å². The lowest BCUT2D eigenvalue weighted by atomic mass is 9.79.